The predicted octanol–water partition coefficient (Wildman–Crippen LogP) is 3.90. The average molecular weight is 380 g/mol. The molecule has 1 unspecified atom stereocenters. The first-order valence-corrected chi connectivity index (χ1v) is 9.88. The van der Waals surface area contributed by atoms with Gasteiger partial charge in [0.2, 0.25) is 11.8 Å². The van der Waals surface area contributed by atoms with Gasteiger partial charge >= 0.3 is 0 Å². The Labute approximate surface area is 157 Å². The number of rotatable bonds is 4. The molecular formula is C18H22ClN3O2S. The Kier molecular flexibility index (Phi) is 6.02. The SMILES string of the molecule is Cc1ccc(NC(=O)CC2SC(=NC3CCCCC3)NC2=O)cc1Cl. The van der Waals surface area contributed by atoms with E-state index in [1.807, 2.05) is 13.0 Å². The third-order valence-corrected chi connectivity index (χ3v) is 5.98. The molecule has 2 fully saturated rings. The van der Waals surface area contributed by atoms with Crippen LogP contribution in [0.4, 0.5) is 5.69 Å². The molecule has 1 aromatic carbocycles. The fraction of sp³-hybridized carbons (Fsp3) is 0.500. The second-order valence-corrected chi connectivity index (χ2v) is 8.14. The van der Waals surface area contributed by atoms with Gasteiger partial charge in [0.05, 0.1) is 6.04 Å². The Bertz CT molecular complexity index is 702. The molecule has 0 bridgehead atoms. The highest BCUT2D eigenvalue weighted by Crippen LogP contribution is 2.27. The van der Waals surface area contributed by atoms with Crippen molar-refractivity contribution in [3.05, 3.63) is 28.8 Å². The summed E-state index contributed by atoms with van der Waals surface area (Å²) < 4.78 is 0. The summed E-state index contributed by atoms with van der Waals surface area (Å²) in [7, 11) is 0. The predicted molar refractivity (Wildman–Crippen MR) is 103 cm³/mol. The zero-order valence-electron chi connectivity index (χ0n) is 14.2. The molecule has 3 rings (SSSR count). The highest BCUT2D eigenvalue weighted by atomic mass is 35.5. The second kappa shape index (κ2) is 8.23. The van der Waals surface area contributed by atoms with E-state index in [2.05, 4.69) is 15.6 Å². The number of carbonyl (C=O) groups excluding carboxylic acids is 2. The van der Waals surface area contributed by atoms with E-state index in [1.165, 1.54) is 31.0 Å². The molecule has 1 saturated heterocycles. The van der Waals surface area contributed by atoms with Crippen LogP contribution in [0, 0.1) is 6.92 Å². The van der Waals surface area contributed by atoms with Crippen molar-refractivity contribution in [2.24, 2.45) is 4.99 Å². The van der Waals surface area contributed by atoms with Gasteiger partial charge in [-0.3, -0.25) is 14.6 Å². The van der Waals surface area contributed by atoms with Gasteiger partial charge in [0.15, 0.2) is 5.17 Å². The average Bonchev–Trinajstić information content (AvgIpc) is 2.91. The van der Waals surface area contributed by atoms with E-state index in [0.717, 1.165) is 18.4 Å². The molecule has 1 heterocycles. The molecule has 1 saturated carbocycles. The molecule has 25 heavy (non-hydrogen) atoms. The van der Waals surface area contributed by atoms with Crippen LogP contribution in [0.1, 0.15) is 44.1 Å². The molecule has 2 amide bonds. The molecule has 0 spiro atoms. The number of hydrogen-bond acceptors (Lipinski definition) is 4. The summed E-state index contributed by atoms with van der Waals surface area (Å²) in [5, 5.41) is 6.44. The van der Waals surface area contributed by atoms with Crippen molar-refractivity contribution >= 4 is 46.0 Å². The largest absolute Gasteiger partial charge is 0.326 e. The van der Waals surface area contributed by atoms with Crippen molar-refractivity contribution in [2.45, 2.75) is 56.7 Å². The van der Waals surface area contributed by atoms with Crippen molar-refractivity contribution in [1.82, 2.24) is 5.32 Å². The summed E-state index contributed by atoms with van der Waals surface area (Å²) in [5.41, 5.74) is 1.59. The van der Waals surface area contributed by atoms with Crippen molar-refractivity contribution in [3.63, 3.8) is 0 Å². The number of amidine groups is 1. The van der Waals surface area contributed by atoms with Gasteiger partial charge in [-0.15, -0.1) is 0 Å². The standard InChI is InChI=1S/C18H22ClN3O2S/c1-11-7-8-13(9-14(11)19)20-16(23)10-15-17(24)22-18(25-15)21-12-5-3-2-4-6-12/h7-9,12,15H,2-6,10H2,1H3,(H,20,23)(H,21,22,24). The number of benzene rings is 1. The normalized spacial score (nSPS) is 22.9. The molecular weight excluding hydrogens is 358 g/mol. The number of hydrogen-bond donors (Lipinski definition) is 2. The van der Waals surface area contributed by atoms with Crippen LogP contribution in [0.15, 0.2) is 23.2 Å². The summed E-state index contributed by atoms with van der Waals surface area (Å²) in [6, 6.07) is 5.67. The fourth-order valence-electron chi connectivity index (χ4n) is 3.03. The van der Waals surface area contributed by atoms with Gasteiger partial charge in [-0.25, -0.2) is 0 Å². The molecule has 1 aliphatic carbocycles. The molecule has 1 aliphatic heterocycles. The fourth-order valence-corrected chi connectivity index (χ4v) is 4.25. The first-order valence-electron chi connectivity index (χ1n) is 8.62. The lowest BCUT2D eigenvalue weighted by atomic mass is 9.96. The van der Waals surface area contributed by atoms with Crippen LogP contribution in [0.5, 0.6) is 0 Å². The Morgan fingerprint density at radius 3 is 2.84 bits per heavy atom. The number of thioether (sulfide) groups is 1. The van der Waals surface area contributed by atoms with E-state index < -0.39 is 5.25 Å². The van der Waals surface area contributed by atoms with Gasteiger partial charge in [-0.05, 0) is 37.5 Å². The van der Waals surface area contributed by atoms with Crippen LogP contribution in [-0.2, 0) is 9.59 Å². The number of nitrogens with one attached hydrogen (secondary N) is 2. The monoisotopic (exact) mass is 379 g/mol. The van der Waals surface area contributed by atoms with Crippen LogP contribution in [0.3, 0.4) is 0 Å². The van der Waals surface area contributed by atoms with E-state index in [9.17, 15) is 9.59 Å². The summed E-state index contributed by atoms with van der Waals surface area (Å²) >= 11 is 7.43. The first kappa shape index (κ1) is 18.3. The number of aryl methyl sites for hydroxylation is 1. The molecule has 7 heteroatoms. The van der Waals surface area contributed by atoms with Gasteiger partial charge in [0.1, 0.15) is 5.25 Å². The minimum absolute atomic E-state index is 0.117. The van der Waals surface area contributed by atoms with Crippen LogP contribution in [0.2, 0.25) is 5.02 Å². The minimum atomic E-state index is -0.428. The van der Waals surface area contributed by atoms with Crippen molar-refractivity contribution < 1.29 is 9.59 Å². The van der Waals surface area contributed by atoms with Crippen molar-refractivity contribution in [1.29, 1.82) is 0 Å². The summed E-state index contributed by atoms with van der Waals surface area (Å²) in [6.45, 7) is 1.90. The number of halogens is 1. The molecule has 0 radical (unpaired) electrons. The molecule has 1 atom stereocenters. The van der Waals surface area contributed by atoms with Gasteiger partial charge in [0, 0.05) is 17.1 Å². The van der Waals surface area contributed by atoms with E-state index in [0.29, 0.717) is 21.9 Å². The maximum atomic E-state index is 12.2. The molecule has 1 aromatic rings. The minimum Gasteiger partial charge on any atom is -0.326 e. The Morgan fingerprint density at radius 1 is 1.36 bits per heavy atom. The number of aliphatic imine (C=N–C) groups is 1. The van der Waals surface area contributed by atoms with Gasteiger partial charge in [0.25, 0.3) is 0 Å². The number of amides is 2. The Hall–Kier alpha value is -1.53. The Balaban J connectivity index is 1.55. The second-order valence-electron chi connectivity index (χ2n) is 6.54. The molecule has 2 N–H and O–H groups in total. The maximum absolute atomic E-state index is 12.2. The first-order chi connectivity index (χ1) is 12.0. The maximum Gasteiger partial charge on any atom is 0.240 e. The number of nitrogens with zero attached hydrogens (tertiary/aromatic N) is 1. The zero-order valence-corrected chi connectivity index (χ0v) is 15.8. The Morgan fingerprint density at radius 2 is 2.12 bits per heavy atom. The molecule has 134 valence electrons. The van der Waals surface area contributed by atoms with E-state index >= 15 is 0 Å². The van der Waals surface area contributed by atoms with Gasteiger partial charge < -0.3 is 10.6 Å². The quantitative estimate of drug-likeness (QED) is 0.833. The van der Waals surface area contributed by atoms with Gasteiger partial charge in [-0.2, -0.15) is 0 Å². The van der Waals surface area contributed by atoms with E-state index in [1.54, 1.807) is 12.1 Å². The van der Waals surface area contributed by atoms with Crippen molar-refractivity contribution in [3.8, 4) is 0 Å². The van der Waals surface area contributed by atoms with Gasteiger partial charge in [-0.1, -0.05) is 48.7 Å². The molecule has 0 aromatic heterocycles. The van der Waals surface area contributed by atoms with E-state index in [-0.39, 0.29) is 18.2 Å². The lowest BCUT2D eigenvalue weighted by Gasteiger charge is -2.17. The van der Waals surface area contributed by atoms with Crippen LogP contribution < -0.4 is 10.6 Å². The van der Waals surface area contributed by atoms with Crippen LogP contribution in [0.25, 0.3) is 0 Å². The van der Waals surface area contributed by atoms with Crippen LogP contribution in [-0.4, -0.2) is 28.3 Å². The topological polar surface area (TPSA) is 70.6 Å². The highest BCUT2D eigenvalue weighted by Gasteiger charge is 2.32. The third-order valence-electron chi connectivity index (χ3n) is 4.48. The summed E-state index contributed by atoms with van der Waals surface area (Å²) in [6.07, 6.45) is 5.95. The summed E-state index contributed by atoms with van der Waals surface area (Å²) in [4.78, 5) is 29.0. The molecule has 5 nitrogen and oxygen atoms in total. The van der Waals surface area contributed by atoms with Crippen molar-refractivity contribution in [2.75, 3.05) is 5.32 Å². The highest BCUT2D eigenvalue weighted by molar-refractivity contribution is 8.15. The lowest BCUT2D eigenvalue weighted by Crippen LogP contribution is -2.28. The number of carbonyl (C=O) groups is 2. The zero-order chi connectivity index (χ0) is 17.8. The van der Waals surface area contributed by atoms with E-state index in [4.69, 9.17) is 11.6 Å². The third kappa shape index (κ3) is 4.98. The smallest absolute Gasteiger partial charge is 0.240 e. The number of anilines is 1. The lowest BCUT2D eigenvalue weighted by molar-refractivity contribution is -0.122. The van der Waals surface area contributed by atoms with Crippen LogP contribution >= 0.6 is 23.4 Å². The molecule has 2 aliphatic rings. The summed E-state index contributed by atoms with van der Waals surface area (Å²) in [5.74, 6) is -0.344.